The highest BCUT2D eigenvalue weighted by molar-refractivity contribution is 6.05. The Hall–Kier alpha value is -1.59. The van der Waals surface area contributed by atoms with Crippen molar-refractivity contribution in [3.8, 4) is 0 Å². The number of nitrogens with zero attached hydrogens (tertiary/aromatic N) is 1. The van der Waals surface area contributed by atoms with Gasteiger partial charge in [0.2, 0.25) is 0 Å². The molecular weight excluding hydrogens is 226 g/mol. The molecule has 3 aliphatic heterocycles. The van der Waals surface area contributed by atoms with Crippen LogP contribution in [0.25, 0.3) is 0 Å². The molecule has 1 spiro atoms. The lowest BCUT2D eigenvalue weighted by molar-refractivity contribution is -0.156. The van der Waals surface area contributed by atoms with Crippen LogP contribution in [-0.4, -0.2) is 41.1 Å². The first kappa shape index (κ1) is 10.6. The van der Waals surface area contributed by atoms with Crippen LogP contribution in [-0.2, 0) is 19.1 Å². The minimum atomic E-state index is -1.06. The summed E-state index contributed by atoms with van der Waals surface area (Å²) in [6.45, 7) is 1.97. The topological polar surface area (TPSA) is 72.9 Å². The normalized spacial score (nSPS) is 38.3. The van der Waals surface area contributed by atoms with Crippen molar-refractivity contribution >= 4 is 18.0 Å². The van der Waals surface area contributed by atoms with E-state index in [9.17, 15) is 14.4 Å². The predicted octanol–water partition coefficient (Wildman–Crippen LogP) is 0.449. The minimum Gasteiger partial charge on any atom is -0.450 e. The van der Waals surface area contributed by atoms with Crippen molar-refractivity contribution in [3.63, 3.8) is 0 Å². The largest absolute Gasteiger partial charge is 0.450 e. The third-order valence-electron chi connectivity index (χ3n) is 4.03. The zero-order chi connectivity index (χ0) is 12.2. The van der Waals surface area contributed by atoms with Crippen molar-refractivity contribution < 1.29 is 23.9 Å². The van der Waals surface area contributed by atoms with Crippen LogP contribution in [0.3, 0.4) is 0 Å². The SMILES string of the molecule is CCOC(=O)N1C2CCC13C(=O)OC(=O)C3C2. The van der Waals surface area contributed by atoms with Gasteiger partial charge in [-0.3, -0.25) is 9.69 Å². The maximum absolute atomic E-state index is 11.9. The molecule has 92 valence electrons. The molecule has 3 rings (SSSR count). The lowest BCUT2D eigenvalue weighted by atomic mass is 9.79. The van der Waals surface area contributed by atoms with Gasteiger partial charge in [-0.05, 0) is 26.2 Å². The average molecular weight is 239 g/mol. The van der Waals surface area contributed by atoms with Crippen LogP contribution in [0.15, 0.2) is 0 Å². The molecule has 0 N–H and O–H groups in total. The summed E-state index contributed by atoms with van der Waals surface area (Å²) in [6, 6.07) is -0.0594. The van der Waals surface area contributed by atoms with Crippen molar-refractivity contribution in [3.05, 3.63) is 0 Å². The summed E-state index contributed by atoms with van der Waals surface area (Å²) in [5.74, 6) is -1.56. The lowest BCUT2D eigenvalue weighted by Crippen LogP contribution is -2.51. The molecule has 1 amide bonds. The summed E-state index contributed by atoms with van der Waals surface area (Å²) < 4.78 is 9.64. The summed E-state index contributed by atoms with van der Waals surface area (Å²) >= 11 is 0. The summed E-state index contributed by atoms with van der Waals surface area (Å²) in [6.07, 6.45) is 1.25. The molecule has 3 fully saturated rings. The first-order valence-corrected chi connectivity index (χ1v) is 5.83. The summed E-state index contributed by atoms with van der Waals surface area (Å²) in [7, 11) is 0. The Bertz CT molecular complexity index is 420. The average Bonchev–Trinajstić information content (AvgIpc) is 2.88. The van der Waals surface area contributed by atoms with E-state index in [1.165, 1.54) is 4.90 Å². The molecule has 0 aromatic carbocycles. The second-order valence-corrected chi connectivity index (χ2v) is 4.68. The maximum Gasteiger partial charge on any atom is 0.410 e. The molecule has 0 aromatic rings. The molecule has 0 saturated carbocycles. The van der Waals surface area contributed by atoms with Gasteiger partial charge in [-0.15, -0.1) is 0 Å². The molecule has 0 aromatic heterocycles. The molecular formula is C11H13NO5. The van der Waals surface area contributed by atoms with Gasteiger partial charge >= 0.3 is 18.0 Å². The van der Waals surface area contributed by atoms with E-state index in [-0.39, 0.29) is 12.6 Å². The number of fused-ring (bicyclic) bond motifs is 1. The molecule has 6 nitrogen and oxygen atoms in total. The van der Waals surface area contributed by atoms with Crippen LogP contribution in [0.5, 0.6) is 0 Å². The van der Waals surface area contributed by atoms with E-state index in [0.29, 0.717) is 12.8 Å². The molecule has 3 heterocycles. The van der Waals surface area contributed by atoms with Gasteiger partial charge in [-0.1, -0.05) is 0 Å². The zero-order valence-corrected chi connectivity index (χ0v) is 9.47. The monoisotopic (exact) mass is 239 g/mol. The van der Waals surface area contributed by atoms with Crippen LogP contribution < -0.4 is 0 Å². The number of esters is 2. The van der Waals surface area contributed by atoms with Gasteiger partial charge in [0.15, 0.2) is 5.54 Å². The molecule has 0 aliphatic carbocycles. The third kappa shape index (κ3) is 1.08. The second-order valence-electron chi connectivity index (χ2n) is 4.68. The number of ether oxygens (including phenoxy) is 2. The van der Waals surface area contributed by atoms with Crippen LogP contribution in [0.2, 0.25) is 0 Å². The Labute approximate surface area is 97.8 Å². The highest BCUT2D eigenvalue weighted by atomic mass is 16.6. The molecule has 2 bridgehead atoms. The van der Waals surface area contributed by atoms with Crippen molar-refractivity contribution in [2.45, 2.75) is 37.8 Å². The van der Waals surface area contributed by atoms with E-state index in [2.05, 4.69) is 4.74 Å². The van der Waals surface area contributed by atoms with Gasteiger partial charge in [0.25, 0.3) is 0 Å². The standard InChI is InChI=1S/C11H13NO5/c1-2-16-10(15)12-6-3-4-11(12)7(5-6)8(13)17-9(11)14/h6-7H,2-5H2,1H3. The van der Waals surface area contributed by atoms with E-state index in [0.717, 1.165) is 6.42 Å². The second kappa shape index (κ2) is 3.21. The molecule has 3 saturated heterocycles. The quantitative estimate of drug-likeness (QED) is 0.490. The maximum atomic E-state index is 11.9. The van der Waals surface area contributed by atoms with E-state index in [1.54, 1.807) is 6.92 Å². The number of hydrogen-bond donors (Lipinski definition) is 0. The van der Waals surface area contributed by atoms with Crippen molar-refractivity contribution in [2.75, 3.05) is 6.61 Å². The Kier molecular flexibility index (Phi) is 1.99. The van der Waals surface area contributed by atoms with Gasteiger partial charge in [-0.2, -0.15) is 0 Å². The Morgan fingerprint density at radius 2 is 2.35 bits per heavy atom. The highest BCUT2D eigenvalue weighted by Crippen LogP contribution is 2.54. The zero-order valence-electron chi connectivity index (χ0n) is 9.47. The molecule has 3 atom stereocenters. The van der Waals surface area contributed by atoms with Gasteiger partial charge < -0.3 is 9.47 Å². The first-order valence-electron chi connectivity index (χ1n) is 5.83. The number of carbonyl (C=O) groups excluding carboxylic acids is 3. The Balaban J connectivity index is 1.99. The van der Waals surface area contributed by atoms with Gasteiger partial charge in [-0.25, -0.2) is 9.59 Å². The highest BCUT2D eigenvalue weighted by Gasteiger charge is 2.72. The number of carbonyl (C=O) groups is 3. The first-order chi connectivity index (χ1) is 8.11. The van der Waals surface area contributed by atoms with Crippen molar-refractivity contribution in [1.29, 1.82) is 0 Å². The number of rotatable bonds is 1. The van der Waals surface area contributed by atoms with Crippen molar-refractivity contribution in [1.82, 2.24) is 4.90 Å². The fraction of sp³-hybridized carbons (Fsp3) is 0.727. The van der Waals surface area contributed by atoms with E-state index in [4.69, 9.17) is 4.74 Å². The van der Waals surface area contributed by atoms with Gasteiger partial charge in [0.05, 0.1) is 12.5 Å². The van der Waals surface area contributed by atoms with Gasteiger partial charge in [0, 0.05) is 6.04 Å². The van der Waals surface area contributed by atoms with Crippen LogP contribution in [0.4, 0.5) is 4.79 Å². The molecule has 3 aliphatic rings. The number of amides is 1. The third-order valence-corrected chi connectivity index (χ3v) is 4.03. The number of hydrogen-bond acceptors (Lipinski definition) is 5. The van der Waals surface area contributed by atoms with E-state index in [1.807, 2.05) is 0 Å². The number of cyclic esters (lactones) is 2. The molecule has 0 radical (unpaired) electrons. The van der Waals surface area contributed by atoms with Crippen LogP contribution >= 0.6 is 0 Å². The molecule has 17 heavy (non-hydrogen) atoms. The fourth-order valence-corrected chi connectivity index (χ4v) is 3.38. The van der Waals surface area contributed by atoms with E-state index >= 15 is 0 Å². The van der Waals surface area contributed by atoms with Gasteiger partial charge in [0.1, 0.15) is 0 Å². The summed E-state index contributed by atoms with van der Waals surface area (Å²) in [5, 5.41) is 0. The Morgan fingerprint density at radius 3 is 3.06 bits per heavy atom. The molecule has 3 unspecified atom stereocenters. The summed E-state index contributed by atoms with van der Waals surface area (Å²) in [4.78, 5) is 36.7. The predicted molar refractivity (Wildman–Crippen MR) is 53.8 cm³/mol. The lowest BCUT2D eigenvalue weighted by Gasteiger charge is -2.28. The van der Waals surface area contributed by atoms with Crippen molar-refractivity contribution in [2.24, 2.45) is 5.92 Å². The smallest absolute Gasteiger partial charge is 0.410 e. The van der Waals surface area contributed by atoms with Crippen LogP contribution in [0, 0.1) is 5.92 Å². The fourth-order valence-electron chi connectivity index (χ4n) is 3.38. The van der Waals surface area contributed by atoms with E-state index < -0.39 is 29.5 Å². The minimum absolute atomic E-state index is 0.0594. The van der Waals surface area contributed by atoms with Crippen LogP contribution in [0.1, 0.15) is 26.2 Å². The summed E-state index contributed by atoms with van der Waals surface area (Å²) in [5.41, 5.74) is -1.06. The Morgan fingerprint density at radius 1 is 1.59 bits per heavy atom. The molecule has 6 heteroatoms.